The van der Waals surface area contributed by atoms with E-state index in [0.717, 1.165) is 28.8 Å². The normalized spacial score (nSPS) is 12.0. The molecule has 0 aliphatic rings. The summed E-state index contributed by atoms with van der Waals surface area (Å²) in [5, 5.41) is 3.59. The third-order valence-electron chi connectivity index (χ3n) is 3.65. The molecule has 0 aliphatic heterocycles. The average Bonchev–Trinajstić information content (AvgIpc) is 2.52. The van der Waals surface area contributed by atoms with Crippen molar-refractivity contribution in [3.05, 3.63) is 58.1 Å². The number of ether oxygens (including phenoxy) is 1. The van der Waals surface area contributed by atoms with Crippen molar-refractivity contribution in [2.45, 2.75) is 32.7 Å². The zero-order valence-corrected chi connectivity index (χ0v) is 14.4. The van der Waals surface area contributed by atoms with Crippen LogP contribution in [0.2, 0.25) is 0 Å². The Kier molecular flexibility index (Phi) is 5.68. The van der Waals surface area contributed by atoms with Crippen molar-refractivity contribution in [2.24, 2.45) is 0 Å². The quantitative estimate of drug-likeness (QED) is 0.735. The summed E-state index contributed by atoms with van der Waals surface area (Å²) in [6.45, 7) is 4.37. The smallest absolute Gasteiger partial charge is 0.122 e. The minimum absolute atomic E-state index is 0.301. The second-order valence-electron chi connectivity index (χ2n) is 5.08. The standard InChI is InChI=1S/C18H22BrNO/c1-4-13-6-8-14(9-7-13)18(5-2)20-16-10-15(19)11-17(12-16)21-3/h6-12,18,20H,4-5H2,1-3H3. The van der Waals surface area contributed by atoms with Crippen molar-refractivity contribution in [3.63, 3.8) is 0 Å². The Balaban J connectivity index is 2.19. The number of hydrogen-bond acceptors (Lipinski definition) is 2. The minimum Gasteiger partial charge on any atom is -0.497 e. The van der Waals surface area contributed by atoms with Crippen LogP contribution in [0.25, 0.3) is 0 Å². The largest absolute Gasteiger partial charge is 0.497 e. The number of benzene rings is 2. The van der Waals surface area contributed by atoms with E-state index >= 15 is 0 Å². The maximum absolute atomic E-state index is 5.32. The SMILES string of the molecule is CCc1ccc(C(CC)Nc2cc(Br)cc(OC)c2)cc1. The van der Waals surface area contributed by atoms with E-state index < -0.39 is 0 Å². The fourth-order valence-electron chi connectivity index (χ4n) is 2.37. The van der Waals surface area contributed by atoms with Crippen molar-refractivity contribution in [1.82, 2.24) is 0 Å². The first-order chi connectivity index (χ1) is 10.2. The molecule has 0 saturated heterocycles. The topological polar surface area (TPSA) is 21.3 Å². The van der Waals surface area contributed by atoms with E-state index in [1.165, 1.54) is 11.1 Å². The highest BCUT2D eigenvalue weighted by Crippen LogP contribution is 2.29. The molecule has 0 spiro atoms. The summed E-state index contributed by atoms with van der Waals surface area (Å²) in [5.41, 5.74) is 3.75. The Hall–Kier alpha value is -1.48. The highest BCUT2D eigenvalue weighted by Gasteiger charge is 2.10. The van der Waals surface area contributed by atoms with Crippen molar-refractivity contribution in [3.8, 4) is 5.75 Å². The van der Waals surface area contributed by atoms with Crippen LogP contribution < -0.4 is 10.1 Å². The first-order valence-corrected chi connectivity index (χ1v) is 8.15. The van der Waals surface area contributed by atoms with Crippen LogP contribution in [0.5, 0.6) is 5.75 Å². The molecule has 3 heteroatoms. The first-order valence-electron chi connectivity index (χ1n) is 7.36. The number of methoxy groups -OCH3 is 1. The lowest BCUT2D eigenvalue weighted by molar-refractivity contribution is 0.414. The van der Waals surface area contributed by atoms with Crippen LogP contribution in [0, 0.1) is 0 Å². The summed E-state index contributed by atoms with van der Waals surface area (Å²) in [5.74, 6) is 0.850. The van der Waals surface area contributed by atoms with Gasteiger partial charge in [0.25, 0.3) is 0 Å². The van der Waals surface area contributed by atoms with Gasteiger partial charge in [0, 0.05) is 16.2 Å². The lowest BCUT2D eigenvalue weighted by atomic mass is 10.0. The third-order valence-corrected chi connectivity index (χ3v) is 4.10. The van der Waals surface area contributed by atoms with Crippen LogP contribution in [0.3, 0.4) is 0 Å². The molecule has 21 heavy (non-hydrogen) atoms. The molecule has 0 aliphatic carbocycles. The summed E-state index contributed by atoms with van der Waals surface area (Å²) in [4.78, 5) is 0. The van der Waals surface area contributed by atoms with Gasteiger partial charge in [-0.05, 0) is 36.1 Å². The van der Waals surface area contributed by atoms with Crippen molar-refractivity contribution < 1.29 is 4.74 Å². The molecule has 0 fully saturated rings. The van der Waals surface area contributed by atoms with E-state index in [-0.39, 0.29) is 0 Å². The Morgan fingerprint density at radius 1 is 1.10 bits per heavy atom. The van der Waals surface area contributed by atoms with E-state index in [4.69, 9.17) is 4.74 Å². The summed E-state index contributed by atoms with van der Waals surface area (Å²) in [6, 6.07) is 15.2. The number of halogens is 1. The number of hydrogen-bond donors (Lipinski definition) is 1. The Bertz CT molecular complexity index is 580. The predicted octanol–water partition coefficient (Wildman–Crippen LogP) is 5.58. The maximum atomic E-state index is 5.32. The molecule has 1 unspecified atom stereocenters. The van der Waals surface area contributed by atoms with Crippen LogP contribution >= 0.6 is 15.9 Å². The summed E-state index contributed by atoms with van der Waals surface area (Å²) in [7, 11) is 1.69. The molecule has 2 nitrogen and oxygen atoms in total. The maximum Gasteiger partial charge on any atom is 0.122 e. The molecule has 2 aromatic carbocycles. The molecular weight excluding hydrogens is 326 g/mol. The number of rotatable bonds is 6. The van der Waals surface area contributed by atoms with Gasteiger partial charge in [-0.25, -0.2) is 0 Å². The second kappa shape index (κ2) is 7.51. The van der Waals surface area contributed by atoms with Crippen LogP contribution in [0.15, 0.2) is 46.9 Å². The molecule has 2 rings (SSSR count). The monoisotopic (exact) mass is 347 g/mol. The van der Waals surface area contributed by atoms with Crippen LogP contribution in [0.4, 0.5) is 5.69 Å². The lowest BCUT2D eigenvalue weighted by Crippen LogP contribution is -2.09. The molecule has 0 heterocycles. The van der Waals surface area contributed by atoms with Gasteiger partial charge in [-0.1, -0.05) is 54.0 Å². The Morgan fingerprint density at radius 2 is 1.81 bits per heavy atom. The molecule has 0 bridgehead atoms. The highest BCUT2D eigenvalue weighted by atomic mass is 79.9. The van der Waals surface area contributed by atoms with Gasteiger partial charge in [0.2, 0.25) is 0 Å². The summed E-state index contributed by atoms with van der Waals surface area (Å²) < 4.78 is 6.33. The van der Waals surface area contributed by atoms with Crippen LogP contribution in [0.1, 0.15) is 37.4 Å². The van der Waals surface area contributed by atoms with E-state index in [1.54, 1.807) is 7.11 Å². The van der Waals surface area contributed by atoms with E-state index in [0.29, 0.717) is 6.04 Å². The van der Waals surface area contributed by atoms with Gasteiger partial charge in [-0.2, -0.15) is 0 Å². The summed E-state index contributed by atoms with van der Waals surface area (Å²) in [6.07, 6.45) is 2.10. The Morgan fingerprint density at radius 3 is 2.38 bits per heavy atom. The third kappa shape index (κ3) is 4.24. The molecule has 2 aromatic rings. The van der Waals surface area contributed by atoms with Gasteiger partial charge in [0.1, 0.15) is 5.75 Å². The summed E-state index contributed by atoms with van der Waals surface area (Å²) >= 11 is 3.52. The molecule has 0 radical (unpaired) electrons. The van der Waals surface area contributed by atoms with Gasteiger partial charge in [-0.15, -0.1) is 0 Å². The van der Waals surface area contributed by atoms with Gasteiger partial charge in [0.05, 0.1) is 13.2 Å². The molecular formula is C18H22BrNO. The van der Waals surface area contributed by atoms with Gasteiger partial charge in [0.15, 0.2) is 0 Å². The zero-order chi connectivity index (χ0) is 15.2. The fraction of sp³-hybridized carbons (Fsp3) is 0.333. The van der Waals surface area contributed by atoms with Crippen molar-refractivity contribution in [1.29, 1.82) is 0 Å². The fourth-order valence-corrected chi connectivity index (χ4v) is 2.84. The molecule has 112 valence electrons. The molecule has 1 atom stereocenters. The molecule has 0 aromatic heterocycles. The molecule has 1 N–H and O–H groups in total. The first kappa shape index (κ1) is 15.9. The predicted molar refractivity (Wildman–Crippen MR) is 93.2 cm³/mol. The Labute approximate surface area is 135 Å². The van der Waals surface area contributed by atoms with E-state index in [1.807, 2.05) is 12.1 Å². The van der Waals surface area contributed by atoms with Gasteiger partial charge in [-0.3, -0.25) is 0 Å². The number of anilines is 1. The van der Waals surface area contributed by atoms with E-state index in [9.17, 15) is 0 Å². The zero-order valence-electron chi connectivity index (χ0n) is 12.8. The molecule has 0 saturated carbocycles. The van der Waals surface area contributed by atoms with Gasteiger partial charge >= 0.3 is 0 Å². The van der Waals surface area contributed by atoms with Crippen LogP contribution in [-0.4, -0.2) is 7.11 Å². The van der Waals surface area contributed by atoms with E-state index in [2.05, 4.69) is 65.4 Å². The second-order valence-corrected chi connectivity index (χ2v) is 6.00. The number of aryl methyl sites for hydroxylation is 1. The number of nitrogens with one attached hydrogen (secondary N) is 1. The average molecular weight is 348 g/mol. The van der Waals surface area contributed by atoms with Crippen molar-refractivity contribution >= 4 is 21.6 Å². The van der Waals surface area contributed by atoms with Crippen LogP contribution in [-0.2, 0) is 6.42 Å². The van der Waals surface area contributed by atoms with Gasteiger partial charge < -0.3 is 10.1 Å². The minimum atomic E-state index is 0.301. The molecule has 0 amide bonds. The lowest BCUT2D eigenvalue weighted by Gasteiger charge is -2.20. The van der Waals surface area contributed by atoms with Crippen molar-refractivity contribution in [2.75, 3.05) is 12.4 Å². The highest BCUT2D eigenvalue weighted by molar-refractivity contribution is 9.10.